The number of anilines is 1. The number of amides is 1. The summed E-state index contributed by atoms with van der Waals surface area (Å²) >= 11 is 0. The fourth-order valence-electron chi connectivity index (χ4n) is 2.75. The van der Waals surface area contributed by atoms with Crippen molar-refractivity contribution >= 4 is 11.7 Å². The Bertz CT molecular complexity index is 723. The number of fused-ring (bicyclic) bond motifs is 1. The van der Waals surface area contributed by atoms with Gasteiger partial charge >= 0.3 is 0 Å². The molecular weight excluding hydrogens is 276 g/mol. The minimum atomic E-state index is -0.178. The van der Waals surface area contributed by atoms with Crippen LogP contribution in [0.4, 0.5) is 5.82 Å². The molecule has 0 saturated heterocycles. The lowest BCUT2D eigenvalue weighted by Crippen LogP contribution is -2.18. The summed E-state index contributed by atoms with van der Waals surface area (Å²) in [6.07, 6.45) is 2.50. The van der Waals surface area contributed by atoms with E-state index in [0.717, 1.165) is 17.5 Å². The second kappa shape index (κ2) is 5.44. The monoisotopic (exact) mass is 296 g/mol. The van der Waals surface area contributed by atoms with E-state index in [9.17, 15) is 4.79 Å². The second-order valence-electron chi connectivity index (χ2n) is 6.17. The Morgan fingerprint density at radius 2 is 2.14 bits per heavy atom. The molecule has 0 fully saturated rings. The maximum atomic E-state index is 12.6. The molecule has 4 nitrogen and oxygen atoms in total. The Hall–Kier alpha value is -2.36. The molecule has 2 heterocycles. The zero-order valence-corrected chi connectivity index (χ0v) is 13.1. The number of rotatable bonds is 3. The number of ether oxygens (including phenoxy) is 1. The number of nitrogens with zero attached hydrogens (tertiary/aromatic N) is 1. The van der Waals surface area contributed by atoms with Crippen molar-refractivity contribution in [2.75, 3.05) is 11.9 Å². The molecule has 1 aliphatic heterocycles. The number of benzene rings is 1. The summed E-state index contributed by atoms with van der Waals surface area (Å²) in [5, 5.41) is 2.90. The quantitative estimate of drug-likeness (QED) is 0.942. The number of pyridine rings is 1. The zero-order chi connectivity index (χ0) is 15.7. The van der Waals surface area contributed by atoms with Crippen molar-refractivity contribution < 1.29 is 9.53 Å². The molecule has 0 atom stereocenters. The van der Waals surface area contributed by atoms with Gasteiger partial charge in [0.05, 0.1) is 12.2 Å². The van der Waals surface area contributed by atoms with Gasteiger partial charge in [0.1, 0.15) is 11.6 Å². The predicted molar refractivity (Wildman–Crippen MR) is 86.5 cm³/mol. The predicted octanol–water partition coefficient (Wildman–Crippen LogP) is 3.57. The minimum Gasteiger partial charge on any atom is -0.492 e. The topological polar surface area (TPSA) is 51.2 Å². The summed E-state index contributed by atoms with van der Waals surface area (Å²) < 4.78 is 5.78. The Labute approximate surface area is 130 Å². The van der Waals surface area contributed by atoms with E-state index in [2.05, 4.69) is 24.1 Å². The van der Waals surface area contributed by atoms with Crippen molar-refractivity contribution in [3.63, 3.8) is 0 Å². The van der Waals surface area contributed by atoms with Gasteiger partial charge in [0.15, 0.2) is 0 Å². The highest BCUT2D eigenvalue weighted by Gasteiger charge is 2.34. The van der Waals surface area contributed by atoms with Crippen LogP contribution >= 0.6 is 0 Å². The van der Waals surface area contributed by atoms with E-state index >= 15 is 0 Å². The lowest BCUT2D eigenvalue weighted by atomic mass is 9.86. The van der Waals surface area contributed by atoms with Gasteiger partial charge in [-0.3, -0.25) is 4.79 Å². The highest BCUT2D eigenvalue weighted by atomic mass is 16.5. The molecular formula is C18H20N2O2. The molecule has 1 aliphatic rings. The Morgan fingerprint density at radius 3 is 2.91 bits per heavy atom. The Morgan fingerprint density at radius 1 is 1.32 bits per heavy atom. The molecule has 1 N–H and O–H groups in total. The van der Waals surface area contributed by atoms with E-state index in [1.807, 2.05) is 31.2 Å². The summed E-state index contributed by atoms with van der Waals surface area (Å²) in [6, 6.07) is 9.57. The van der Waals surface area contributed by atoms with Crippen LogP contribution < -0.4 is 10.1 Å². The van der Waals surface area contributed by atoms with Crippen LogP contribution in [0.15, 0.2) is 36.5 Å². The summed E-state index contributed by atoms with van der Waals surface area (Å²) in [4.78, 5) is 16.9. The first kappa shape index (κ1) is 14.6. The molecule has 1 aromatic heterocycles. The van der Waals surface area contributed by atoms with Crippen LogP contribution in [0.3, 0.4) is 0 Å². The van der Waals surface area contributed by atoms with Gasteiger partial charge in [0, 0.05) is 17.2 Å². The molecule has 4 heteroatoms. The van der Waals surface area contributed by atoms with Crippen molar-refractivity contribution in [3.05, 3.63) is 53.2 Å². The number of hydrogen-bond acceptors (Lipinski definition) is 3. The minimum absolute atomic E-state index is 0.0643. The molecule has 0 spiro atoms. The highest BCUT2D eigenvalue weighted by molar-refractivity contribution is 6.06. The van der Waals surface area contributed by atoms with E-state index in [-0.39, 0.29) is 11.3 Å². The van der Waals surface area contributed by atoms with Crippen LogP contribution in [0.5, 0.6) is 5.75 Å². The number of nitrogens with one attached hydrogen (secondary N) is 1. The summed E-state index contributed by atoms with van der Waals surface area (Å²) in [6.45, 7) is 6.87. The normalized spacial score (nSPS) is 15.0. The van der Waals surface area contributed by atoms with Crippen LogP contribution in [0.1, 0.15) is 42.3 Å². The first-order chi connectivity index (χ1) is 10.5. The van der Waals surface area contributed by atoms with Gasteiger partial charge in [-0.2, -0.15) is 0 Å². The number of carbonyl (C=O) groups is 1. The summed E-state index contributed by atoms with van der Waals surface area (Å²) in [7, 11) is 0. The van der Waals surface area contributed by atoms with Crippen LogP contribution in [0.25, 0.3) is 0 Å². The maximum absolute atomic E-state index is 12.6. The number of carbonyl (C=O) groups excluding carboxylic acids is 1. The molecule has 0 unspecified atom stereocenters. The molecule has 1 aromatic carbocycles. The average molecular weight is 296 g/mol. The lowest BCUT2D eigenvalue weighted by molar-refractivity contribution is 0.102. The van der Waals surface area contributed by atoms with E-state index in [1.165, 1.54) is 0 Å². The molecule has 1 amide bonds. The van der Waals surface area contributed by atoms with Gasteiger partial charge in [-0.15, -0.1) is 0 Å². The SMILES string of the molecule is CCc1cccnc1NC(=O)c1cccc2c1OCC2(C)C. The smallest absolute Gasteiger partial charge is 0.260 e. The first-order valence-corrected chi connectivity index (χ1v) is 7.54. The lowest BCUT2D eigenvalue weighted by Gasteiger charge is -2.15. The van der Waals surface area contributed by atoms with E-state index in [0.29, 0.717) is 23.7 Å². The van der Waals surface area contributed by atoms with Crippen molar-refractivity contribution in [1.29, 1.82) is 0 Å². The third kappa shape index (κ3) is 2.45. The average Bonchev–Trinajstić information content (AvgIpc) is 2.83. The summed E-state index contributed by atoms with van der Waals surface area (Å²) in [5.41, 5.74) is 2.60. The van der Waals surface area contributed by atoms with Gasteiger partial charge in [-0.25, -0.2) is 4.98 Å². The summed E-state index contributed by atoms with van der Waals surface area (Å²) in [5.74, 6) is 1.13. The van der Waals surface area contributed by atoms with Crippen LogP contribution in [-0.2, 0) is 11.8 Å². The maximum Gasteiger partial charge on any atom is 0.260 e. The number of para-hydroxylation sites is 1. The van der Waals surface area contributed by atoms with Crippen molar-refractivity contribution in [2.45, 2.75) is 32.6 Å². The third-order valence-electron chi connectivity index (χ3n) is 4.07. The fourth-order valence-corrected chi connectivity index (χ4v) is 2.75. The molecule has 0 radical (unpaired) electrons. The zero-order valence-electron chi connectivity index (χ0n) is 13.1. The Balaban J connectivity index is 1.93. The van der Waals surface area contributed by atoms with Gasteiger partial charge < -0.3 is 10.1 Å². The second-order valence-corrected chi connectivity index (χ2v) is 6.17. The van der Waals surface area contributed by atoms with Crippen molar-refractivity contribution in [2.24, 2.45) is 0 Å². The fraction of sp³-hybridized carbons (Fsp3) is 0.333. The molecule has 0 bridgehead atoms. The van der Waals surface area contributed by atoms with E-state index in [4.69, 9.17) is 4.74 Å². The van der Waals surface area contributed by atoms with Crippen LogP contribution in [0, 0.1) is 0 Å². The Kier molecular flexibility index (Phi) is 3.61. The molecule has 2 aromatic rings. The molecule has 0 aliphatic carbocycles. The number of aryl methyl sites for hydroxylation is 1. The van der Waals surface area contributed by atoms with E-state index in [1.54, 1.807) is 12.3 Å². The van der Waals surface area contributed by atoms with Gasteiger partial charge in [0.25, 0.3) is 5.91 Å². The number of aromatic nitrogens is 1. The van der Waals surface area contributed by atoms with E-state index < -0.39 is 0 Å². The molecule has 22 heavy (non-hydrogen) atoms. The highest BCUT2D eigenvalue weighted by Crippen LogP contribution is 2.40. The molecule has 0 saturated carbocycles. The number of hydrogen-bond donors (Lipinski definition) is 1. The molecule has 114 valence electrons. The molecule has 3 rings (SSSR count). The largest absolute Gasteiger partial charge is 0.492 e. The standard InChI is InChI=1S/C18H20N2O2/c1-4-12-7-6-10-19-16(12)20-17(21)13-8-5-9-14-15(13)22-11-18(14,2)3/h5-10H,4,11H2,1-3H3,(H,19,20,21). The van der Waals surface area contributed by atoms with Crippen molar-refractivity contribution in [3.8, 4) is 5.75 Å². The van der Waals surface area contributed by atoms with Gasteiger partial charge in [0.2, 0.25) is 0 Å². The van der Waals surface area contributed by atoms with Gasteiger partial charge in [-0.1, -0.05) is 39.0 Å². The first-order valence-electron chi connectivity index (χ1n) is 7.54. The van der Waals surface area contributed by atoms with Gasteiger partial charge in [-0.05, 0) is 24.1 Å². The van der Waals surface area contributed by atoms with Crippen LogP contribution in [-0.4, -0.2) is 17.5 Å². The van der Waals surface area contributed by atoms with Crippen molar-refractivity contribution in [1.82, 2.24) is 4.98 Å². The van der Waals surface area contributed by atoms with Crippen LogP contribution in [0.2, 0.25) is 0 Å². The third-order valence-corrected chi connectivity index (χ3v) is 4.07.